The third-order valence-corrected chi connectivity index (χ3v) is 5.54. The van der Waals surface area contributed by atoms with Gasteiger partial charge in [-0.3, -0.25) is 9.59 Å². The number of hydrogen-bond donors (Lipinski definition) is 2. The van der Waals surface area contributed by atoms with Crippen LogP contribution >= 0.6 is 0 Å². The smallest absolute Gasteiger partial charge is 0.310 e. The lowest BCUT2D eigenvalue weighted by Crippen LogP contribution is -2.44. The molecule has 23 heavy (non-hydrogen) atoms. The highest BCUT2D eigenvalue weighted by molar-refractivity contribution is 5.85. The van der Waals surface area contributed by atoms with Crippen molar-refractivity contribution in [3.05, 3.63) is 35.9 Å². The SMILES string of the molecule is O=C(CC1(C(=O)O)CCC1)NC1CCC(Cc2ccccc2)C1. The van der Waals surface area contributed by atoms with Crippen molar-refractivity contribution in [1.29, 1.82) is 0 Å². The molecule has 1 aromatic rings. The van der Waals surface area contributed by atoms with Crippen molar-refractivity contribution in [3.8, 4) is 0 Å². The maximum atomic E-state index is 12.2. The summed E-state index contributed by atoms with van der Waals surface area (Å²) in [5.41, 5.74) is 0.565. The lowest BCUT2D eigenvalue weighted by molar-refractivity contribution is -0.157. The maximum absolute atomic E-state index is 12.2. The van der Waals surface area contributed by atoms with Crippen LogP contribution in [-0.4, -0.2) is 23.0 Å². The Morgan fingerprint density at radius 3 is 2.52 bits per heavy atom. The molecule has 1 amide bonds. The number of carboxylic acid groups (broad SMARTS) is 1. The molecule has 0 heterocycles. The van der Waals surface area contributed by atoms with Gasteiger partial charge in [0.15, 0.2) is 0 Å². The molecular weight excluding hydrogens is 290 g/mol. The molecule has 2 atom stereocenters. The summed E-state index contributed by atoms with van der Waals surface area (Å²) in [5.74, 6) is -0.287. The van der Waals surface area contributed by atoms with Gasteiger partial charge in [0, 0.05) is 12.5 Å². The zero-order valence-electron chi connectivity index (χ0n) is 13.5. The number of carboxylic acids is 1. The Balaban J connectivity index is 1.46. The Hall–Kier alpha value is -1.84. The molecule has 3 rings (SSSR count). The number of carbonyl (C=O) groups excluding carboxylic acids is 1. The molecule has 0 aromatic heterocycles. The summed E-state index contributed by atoms with van der Waals surface area (Å²) in [6, 6.07) is 10.7. The van der Waals surface area contributed by atoms with E-state index in [1.165, 1.54) is 5.56 Å². The molecule has 4 nitrogen and oxygen atoms in total. The van der Waals surface area contributed by atoms with E-state index < -0.39 is 11.4 Å². The Kier molecular flexibility index (Phi) is 4.69. The molecule has 0 radical (unpaired) electrons. The summed E-state index contributed by atoms with van der Waals surface area (Å²) in [4.78, 5) is 23.6. The van der Waals surface area contributed by atoms with E-state index in [4.69, 9.17) is 0 Å². The van der Waals surface area contributed by atoms with Crippen LogP contribution in [0, 0.1) is 11.3 Å². The molecule has 2 aliphatic carbocycles. The summed E-state index contributed by atoms with van der Waals surface area (Å²) < 4.78 is 0. The number of benzene rings is 1. The van der Waals surface area contributed by atoms with E-state index in [-0.39, 0.29) is 18.4 Å². The fourth-order valence-corrected chi connectivity index (χ4v) is 3.99. The predicted octanol–water partition coefficient (Wildman–Crippen LogP) is 3.16. The normalized spacial score (nSPS) is 25.6. The molecule has 2 fully saturated rings. The average Bonchev–Trinajstić information content (AvgIpc) is 2.90. The molecule has 2 N–H and O–H groups in total. The van der Waals surface area contributed by atoms with Gasteiger partial charge in [-0.1, -0.05) is 36.8 Å². The van der Waals surface area contributed by atoms with Crippen LogP contribution in [-0.2, 0) is 16.0 Å². The average molecular weight is 315 g/mol. The molecule has 0 spiro atoms. The van der Waals surface area contributed by atoms with Gasteiger partial charge in [0.05, 0.1) is 5.41 Å². The summed E-state index contributed by atoms with van der Waals surface area (Å²) >= 11 is 0. The first-order valence-corrected chi connectivity index (χ1v) is 8.64. The molecule has 0 bridgehead atoms. The summed E-state index contributed by atoms with van der Waals surface area (Å²) in [7, 11) is 0. The number of amides is 1. The first-order valence-electron chi connectivity index (χ1n) is 8.64. The van der Waals surface area contributed by atoms with Gasteiger partial charge < -0.3 is 10.4 Å². The quantitative estimate of drug-likeness (QED) is 0.847. The van der Waals surface area contributed by atoms with Crippen molar-refractivity contribution in [2.45, 2.75) is 57.4 Å². The molecule has 124 valence electrons. The first-order chi connectivity index (χ1) is 11.1. The van der Waals surface area contributed by atoms with Crippen molar-refractivity contribution in [3.63, 3.8) is 0 Å². The zero-order chi connectivity index (χ0) is 16.3. The fourth-order valence-electron chi connectivity index (χ4n) is 3.99. The minimum absolute atomic E-state index is 0.0857. The minimum atomic E-state index is -0.813. The van der Waals surface area contributed by atoms with Crippen LogP contribution in [0.4, 0.5) is 0 Å². The van der Waals surface area contributed by atoms with Crippen LogP contribution in [0.1, 0.15) is 50.5 Å². The number of rotatable bonds is 6. The third-order valence-electron chi connectivity index (χ3n) is 5.54. The van der Waals surface area contributed by atoms with E-state index in [0.29, 0.717) is 18.8 Å². The van der Waals surface area contributed by atoms with Gasteiger partial charge in [0.1, 0.15) is 0 Å². The van der Waals surface area contributed by atoms with E-state index in [0.717, 1.165) is 32.1 Å². The second-order valence-electron chi connectivity index (χ2n) is 7.25. The predicted molar refractivity (Wildman–Crippen MR) is 88.0 cm³/mol. The van der Waals surface area contributed by atoms with Crippen molar-refractivity contribution in [2.24, 2.45) is 11.3 Å². The van der Waals surface area contributed by atoms with Gasteiger partial charge in [-0.25, -0.2) is 0 Å². The molecule has 2 aliphatic rings. The molecule has 2 unspecified atom stereocenters. The van der Waals surface area contributed by atoms with Gasteiger partial charge in [-0.15, -0.1) is 0 Å². The summed E-state index contributed by atoms with van der Waals surface area (Å²) in [6.07, 6.45) is 6.53. The highest BCUT2D eigenvalue weighted by Gasteiger charge is 2.46. The number of hydrogen-bond acceptors (Lipinski definition) is 2. The van der Waals surface area contributed by atoms with Crippen LogP contribution < -0.4 is 5.32 Å². The summed E-state index contributed by atoms with van der Waals surface area (Å²) in [5, 5.41) is 12.4. The highest BCUT2D eigenvalue weighted by Crippen LogP contribution is 2.44. The van der Waals surface area contributed by atoms with Crippen LogP contribution in [0.15, 0.2) is 30.3 Å². The van der Waals surface area contributed by atoms with Crippen LogP contribution in [0.3, 0.4) is 0 Å². The van der Waals surface area contributed by atoms with E-state index in [1.54, 1.807) is 0 Å². The van der Waals surface area contributed by atoms with Gasteiger partial charge in [-0.2, -0.15) is 0 Å². The van der Waals surface area contributed by atoms with E-state index in [9.17, 15) is 14.7 Å². The molecule has 1 aromatic carbocycles. The Morgan fingerprint density at radius 2 is 1.91 bits per heavy atom. The van der Waals surface area contributed by atoms with Crippen molar-refractivity contribution >= 4 is 11.9 Å². The second kappa shape index (κ2) is 6.73. The number of nitrogens with one attached hydrogen (secondary N) is 1. The van der Waals surface area contributed by atoms with E-state index in [1.807, 2.05) is 6.07 Å². The van der Waals surface area contributed by atoms with Crippen molar-refractivity contribution < 1.29 is 14.7 Å². The zero-order valence-corrected chi connectivity index (χ0v) is 13.5. The fraction of sp³-hybridized carbons (Fsp3) is 0.579. The minimum Gasteiger partial charge on any atom is -0.481 e. The van der Waals surface area contributed by atoms with Crippen molar-refractivity contribution in [2.75, 3.05) is 0 Å². The Morgan fingerprint density at radius 1 is 1.17 bits per heavy atom. The standard InChI is InChI=1S/C19H25NO3/c21-17(13-19(18(22)23)9-4-10-19)20-16-8-7-15(12-16)11-14-5-2-1-3-6-14/h1-3,5-6,15-16H,4,7-13H2,(H,20,21)(H,22,23). The molecule has 2 saturated carbocycles. The van der Waals surface area contributed by atoms with Gasteiger partial charge in [-0.05, 0) is 50.0 Å². The number of carbonyl (C=O) groups is 2. The maximum Gasteiger partial charge on any atom is 0.310 e. The lowest BCUT2D eigenvalue weighted by Gasteiger charge is -2.37. The number of aliphatic carboxylic acids is 1. The Labute approximate surface area is 137 Å². The topological polar surface area (TPSA) is 66.4 Å². The van der Waals surface area contributed by atoms with Crippen molar-refractivity contribution in [1.82, 2.24) is 5.32 Å². The molecule has 4 heteroatoms. The van der Waals surface area contributed by atoms with Gasteiger partial charge in [0.25, 0.3) is 0 Å². The van der Waals surface area contributed by atoms with E-state index in [2.05, 4.69) is 29.6 Å². The lowest BCUT2D eigenvalue weighted by atomic mass is 9.66. The monoisotopic (exact) mass is 315 g/mol. The Bertz CT molecular complexity index is 565. The van der Waals surface area contributed by atoms with Crippen LogP contribution in [0.2, 0.25) is 0 Å². The van der Waals surface area contributed by atoms with E-state index >= 15 is 0 Å². The third kappa shape index (κ3) is 3.74. The molecular formula is C19H25NO3. The molecule has 0 saturated heterocycles. The highest BCUT2D eigenvalue weighted by atomic mass is 16.4. The second-order valence-corrected chi connectivity index (χ2v) is 7.25. The summed E-state index contributed by atoms with van der Waals surface area (Å²) in [6.45, 7) is 0. The van der Waals surface area contributed by atoms with Crippen LogP contribution in [0.25, 0.3) is 0 Å². The van der Waals surface area contributed by atoms with Gasteiger partial charge >= 0.3 is 5.97 Å². The largest absolute Gasteiger partial charge is 0.481 e. The van der Waals surface area contributed by atoms with Gasteiger partial charge in [0.2, 0.25) is 5.91 Å². The first kappa shape index (κ1) is 16.0. The van der Waals surface area contributed by atoms with Crippen LogP contribution in [0.5, 0.6) is 0 Å². The molecule has 0 aliphatic heterocycles.